The van der Waals surface area contributed by atoms with Gasteiger partial charge in [-0.3, -0.25) is 9.64 Å². The lowest BCUT2D eigenvalue weighted by Crippen LogP contribution is -2.53. The van der Waals surface area contributed by atoms with Gasteiger partial charge in [0.2, 0.25) is 0 Å². The molecule has 1 aliphatic heterocycles. The Morgan fingerprint density at radius 2 is 1.83 bits per heavy atom. The van der Waals surface area contributed by atoms with Crippen molar-refractivity contribution >= 4 is 12.1 Å². The molecule has 1 saturated carbocycles. The Bertz CT molecular complexity index is 385. The summed E-state index contributed by atoms with van der Waals surface area (Å²) in [5.41, 5.74) is 0. The van der Waals surface area contributed by atoms with Crippen LogP contribution in [0.5, 0.6) is 0 Å². The summed E-state index contributed by atoms with van der Waals surface area (Å²) in [6.45, 7) is 0. The van der Waals surface area contributed by atoms with Crippen molar-refractivity contribution in [3.63, 3.8) is 0 Å². The minimum absolute atomic E-state index is 0.0873. The summed E-state index contributed by atoms with van der Waals surface area (Å²) in [4.78, 5) is 22.6. The van der Waals surface area contributed by atoms with Crippen LogP contribution >= 0.6 is 0 Å². The van der Waals surface area contributed by atoms with Crippen LogP contribution in [0.2, 0.25) is 0 Å². The van der Waals surface area contributed by atoms with Crippen molar-refractivity contribution in [1.82, 2.24) is 4.90 Å². The van der Waals surface area contributed by atoms with Crippen molar-refractivity contribution in [1.29, 1.82) is 0 Å². The van der Waals surface area contributed by atoms with Crippen LogP contribution in [-0.2, 0) is 9.53 Å². The van der Waals surface area contributed by atoms with Crippen LogP contribution in [0.3, 0.4) is 0 Å². The van der Waals surface area contributed by atoms with Crippen molar-refractivity contribution in [2.75, 3.05) is 0 Å². The summed E-state index contributed by atoms with van der Waals surface area (Å²) < 4.78 is 40.2. The molecular weight excluding hydrogens is 259 g/mol. The molecule has 0 radical (unpaired) electrons. The number of nitrogens with zero attached hydrogens (tertiary/aromatic N) is 1. The molecule has 2 fully saturated rings. The first-order chi connectivity index (χ1) is 8.20. The summed E-state index contributed by atoms with van der Waals surface area (Å²) in [6.07, 6.45) is -7.59. The Morgan fingerprint density at radius 3 is 2.28 bits per heavy atom. The second-order valence-corrected chi connectivity index (χ2v) is 4.36. The lowest BCUT2D eigenvalue weighted by Gasteiger charge is -2.34. The monoisotopic (exact) mass is 269 g/mol. The van der Waals surface area contributed by atoms with Crippen molar-refractivity contribution < 1.29 is 37.7 Å². The van der Waals surface area contributed by atoms with Crippen LogP contribution in [0.25, 0.3) is 0 Å². The highest BCUT2D eigenvalue weighted by molar-refractivity contribution is 5.81. The lowest BCUT2D eigenvalue weighted by atomic mass is 9.96. The fourth-order valence-corrected chi connectivity index (χ4v) is 2.88. The second kappa shape index (κ2) is 4.01. The molecule has 2 rings (SSSR count). The van der Waals surface area contributed by atoms with E-state index in [0.717, 1.165) is 0 Å². The molecule has 4 atom stereocenters. The van der Waals surface area contributed by atoms with Crippen molar-refractivity contribution in [3.05, 3.63) is 0 Å². The van der Waals surface area contributed by atoms with Crippen LogP contribution in [0, 0.1) is 5.92 Å². The highest BCUT2D eigenvalue weighted by Crippen LogP contribution is 2.45. The quantitative estimate of drug-likeness (QED) is 0.784. The van der Waals surface area contributed by atoms with Gasteiger partial charge in [0.25, 0.3) is 0 Å². The van der Waals surface area contributed by atoms with E-state index in [0.29, 0.717) is 4.90 Å². The molecule has 0 spiro atoms. The molecule has 1 amide bonds. The third-order valence-electron chi connectivity index (χ3n) is 3.38. The highest BCUT2D eigenvalue weighted by Gasteiger charge is 2.58. The van der Waals surface area contributed by atoms with Gasteiger partial charge in [-0.1, -0.05) is 0 Å². The maximum absolute atomic E-state index is 12.1. The highest BCUT2D eigenvalue weighted by atomic mass is 19.4. The van der Waals surface area contributed by atoms with Crippen molar-refractivity contribution in [3.8, 4) is 0 Å². The number of halogens is 3. The summed E-state index contributed by atoms with van der Waals surface area (Å²) in [5.74, 6) is -2.40. The minimum atomic E-state index is -4.84. The first-order valence-corrected chi connectivity index (χ1v) is 5.19. The number of alkyl halides is 3. The Hall–Kier alpha value is -1.51. The van der Waals surface area contributed by atoms with Gasteiger partial charge in [-0.25, -0.2) is 9.59 Å². The van der Waals surface area contributed by atoms with E-state index in [1.54, 1.807) is 0 Å². The molecule has 102 valence electrons. The van der Waals surface area contributed by atoms with Crippen LogP contribution in [0.4, 0.5) is 18.0 Å². The normalized spacial score (nSPS) is 34.9. The van der Waals surface area contributed by atoms with E-state index in [-0.39, 0.29) is 12.8 Å². The summed E-state index contributed by atoms with van der Waals surface area (Å²) >= 11 is 0. The molecule has 9 heteroatoms. The SMILES string of the molecule is O=C(O)C1C2CC(C[C@@H]2OC(F)(F)F)N1C(=O)O. The molecule has 0 aromatic rings. The Labute approximate surface area is 98.9 Å². The zero-order valence-corrected chi connectivity index (χ0v) is 8.92. The molecule has 0 aromatic heterocycles. The number of hydrogen-bond donors (Lipinski definition) is 2. The van der Waals surface area contributed by atoms with E-state index in [9.17, 15) is 22.8 Å². The number of fused-ring (bicyclic) bond motifs is 2. The average molecular weight is 269 g/mol. The Kier molecular flexibility index (Phi) is 2.88. The molecule has 6 nitrogen and oxygen atoms in total. The van der Waals surface area contributed by atoms with Crippen LogP contribution in [-0.4, -0.2) is 51.7 Å². The Balaban J connectivity index is 2.17. The second-order valence-electron chi connectivity index (χ2n) is 4.36. The van der Waals surface area contributed by atoms with Gasteiger partial charge in [0.05, 0.1) is 6.10 Å². The first-order valence-electron chi connectivity index (χ1n) is 5.19. The van der Waals surface area contributed by atoms with E-state index in [4.69, 9.17) is 10.2 Å². The minimum Gasteiger partial charge on any atom is -0.480 e. The zero-order valence-electron chi connectivity index (χ0n) is 8.92. The fraction of sp³-hybridized carbons (Fsp3) is 0.778. The molecule has 1 aliphatic carbocycles. The van der Waals surface area contributed by atoms with Gasteiger partial charge >= 0.3 is 18.4 Å². The number of amides is 1. The molecular formula is C9H10F3NO5. The summed E-state index contributed by atoms with van der Waals surface area (Å²) in [7, 11) is 0. The van der Waals surface area contributed by atoms with Gasteiger partial charge in [0, 0.05) is 12.0 Å². The number of carboxylic acids is 1. The molecule has 18 heavy (non-hydrogen) atoms. The summed E-state index contributed by atoms with van der Waals surface area (Å²) in [6, 6.07) is -2.19. The maximum atomic E-state index is 12.1. The fourth-order valence-electron chi connectivity index (χ4n) is 2.88. The van der Waals surface area contributed by atoms with Gasteiger partial charge in [0.1, 0.15) is 6.04 Å². The van der Waals surface area contributed by atoms with Gasteiger partial charge in [-0.15, -0.1) is 13.2 Å². The third-order valence-corrected chi connectivity index (χ3v) is 3.38. The molecule has 0 aromatic carbocycles. The largest absolute Gasteiger partial charge is 0.522 e. The molecule has 2 bridgehead atoms. The molecule has 2 N–H and O–H groups in total. The topological polar surface area (TPSA) is 87.1 Å². The van der Waals surface area contributed by atoms with E-state index in [1.807, 2.05) is 0 Å². The number of likely N-dealkylation sites (tertiary alicyclic amines) is 1. The van der Waals surface area contributed by atoms with Crippen molar-refractivity contribution in [2.45, 2.75) is 37.4 Å². The lowest BCUT2D eigenvalue weighted by molar-refractivity contribution is -0.348. The number of aliphatic carboxylic acids is 1. The van der Waals surface area contributed by atoms with Gasteiger partial charge in [-0.2, -0.15) is 0 Å². The zero-order chi connectivity index (χ0) is 13.7. The smallest absolute Gasteiger partial charge is 0.480 e. The summed E-state index contributed by atoms with van der Waals surface area (Å²) in [5, 5.41) is 17.8. The predicted octanol–water partition coefficient (Wildman–Crippen LogP) is 1.12. The van der Waals surface area contributed by atoms with E-state index >= 15 is 0 Å². The number of ether oxygens (including phenoxy) is 1. The molecule has 2 aliphatic rings. The van der Waals surface area contributed by atoms with Crippen LogP contribution < -0.4 is 0 Å². The molecule has 3 unspecified atom stereocenters. The van der Waals surface area contributed by atoms with E-state index in [2.05, 4.69) is 4.74 Å². The van der Waals surface area contributed by atoms with Gasteiger partial charge in [-0.05, 0) is 12.8 Å². The van der Waals surface area contributed by atoms with E-state index < -0.39 is 42.5 Å². The maximum Gasteiger partial charge on any atom is 0.522 e. The number of rotatable bonds is 2. The number of carboxylic acid groups (broad SMARTS) is 2. The first kappa shape index (κ1) is 12.9. The van der Waals surface area contributed by atoms with Gasteiger partial charge in [0.15, 0.2) is 0 Å². The number of hydrogen-bond acceptors (Lipinski definition) is 3. The average Bonchev–Trinajstić information content (AvgIpc) is 2.70. The standard InChI is InChI=1S/C9H10F3NO5/c10-9(11,12)18-5-2-3-1-4(5)6(7(14)15)13(3)8(16)17/h3-6H,1-2H2,(H,14,15)(H,16,17)/t3?,4?,5-,6?/m0/s1. The molecule has 1 saturated heterocycles. The van der Waals surface area contributed by atoms with E-state index in [1.165, 1.54) is 0 Å². The number of carbonyl (C=O) groups is 2. The number of piperidine rings is 1. The Morgan fingerprint density at radius 1 is 1.22 bits per heavy atom. The van der Waals surface area contributed by atoms with Crippen molar-refractivity contribution in [2.24, 2.45) is 5.92 Å². The van der Waals surface area contributed by atoms with Crippen LogP contribution in [0.15, 0.2) is 0 Å². The van der Waals surface area contributed by atoms with Crippen LogP contribution in [0.1, 0.15) is 12.8 Å². The molecule has 1 heterocycles. The van der Waals surface area contributed by atoms with Gasteiger partial charge < -0.3 is 10.2 Å². The third kappa shape index (κ3) is 2.09. The predicted molar refractivity (Wildman–Crippen MR) is 48.7 cm³/mol.